The molecule has 4 nitrogen and oxygen atoms in total. The van der Waals surface area contributed by atoms with E-state index in [4.69, 9.17) is 20.6 Å². The summed E-state index contributed by atoms with van der Waals surface area (Å²) < 4.78 is 10.9. The highest BCUT2D eigenvalue weighted by Gasteiger charge is 2.08. The maximum absolute atomic E-state index is 7.03. The van der Waals surface area contributed by atoms with Crippen LogP contribution < -0.4 is 5.73 Å². The van der Waals surface area contributed by atoms with Crippen LogP contribution in [-0.4, -0.2) is 31.3 Å². The van der Waals surface area contributed by atoms with E-state index in [-0.39, 0.29) is 11.4 Å². The summed E-state index contributed by atoms with van der Waals surface area (Å²) >= 11 is 0. The Bertz CT molecular complexity index is 176. The van der Waals surface area contributed by atoms with E-state index in [1.54, 1.807) is 0 Å². The molecule has 0 rings (SSSR count). The van der Waals surface area contributed by atoms with Crippen LogP contribution in [0.3, 0.4) is 0 Å². The van der Waals surface area contributed by atoms with Gasteiger partial charge >= 0.3 is 0 Å². The first-order valence-corrected chi connectivity index (χ1v) is 5.46. The monoisotopic (exact) mass is 216 g/mol. The molecule has 0 atom stereocenters. The second-order valence-electron chi connectivity index (χ2n) is 4.56. The summed E-state index contributed by atoms with van der Waals surface area (Å²) in [6, 6.07) is 0. The number of nitrogens with one attached hydrogen (secondary N) is 1. The first kappa shape index (κ1) is 14.4. The minimum atomic E-state index is -0.0853. The lowest BCUT2D eigenvalue weighted by molar-refractivity contribution is -0.0351. The number of hydrogen-bond acceptors (Lipinski definition) is 3. The molecular formula is C11H24N2O2. The fourth-order valence-corrected chi connectivity index (χ4v) is 1.03. The zero-order chi connectivity index (χ0) is 11.7. The molecule has 90 valence electrons. The van der Waals surface area contributed by atoms with Crippen molar-refractivity contribution in [3.8, 4) is 0 Å². The van der Waals surface area contributed by atoms with Gasteiger partial charge in [-0.05, 0) is 33.6 Å². The Hall–Kier alpha value is -0.610. The summed E-state index contributed by atoms with van der Waals surface area (Å²) in [5.41, 5.74) is 5.14. The van der Waals surface area contributed by atoms with Crippen molar-refractivity contribution in [3.63, 3.8) is 0 Å². The van der Waals surface area contributed by atoms with Gasteiger partial charge in [-0.25, -0.2) is 0 Å². The molecule has 0 saturated carbocycles. The number of hydrogen-bond donors (Lipinski definition) is 2. The van der Waals surface area contributed by atoms with Crippen molar-refractivity contribution in [2.75, 3.05) is 19.8 Å². The van der Waals surface area contributed by atoms with Crippen LogP contribution in [0.1, 0.15) is 40.0 Å². The molecular weight excluding hydrogens is 192 g/mol. The van der Waals surface area contributed by atoms with E-state index in [0.717, 1.165) is 19.4 Å². The van der Waals surface area contributed by atoms with Crippen LogP contribution in [-0.2, 0) is 9.47 Å². The number of nitrogens with two attached hydrogens (primary N) is 1. The lowest BCUT2D eigenvalue weighted by Gasteiger charge is -2.19. The maximum atomic E-state index is 7.03. The molecule has 0 fully saturated rings. The predicted octanol–water partition coefficient (Wildman–Crippen LogP) is 1.92. The normalized spacial score (nSPS) is 11.7. The van der Waals surface area contributed by atoms with Gasteiger partial charge in [-0.3, -0.25) is 5.41 Å². The predicted molar refractivity (Wildman–Crippen MR) is 62.3 cm³/mol. The average Bonchev–Trinajstić information content (AvgIpc) is 2.07. The van der Waals surface area contributed by atoms with Crippen molar-refractivity contribution < 1.29 is 9.47 Å². The van der Waals surface area contributed by atoms with Gasteiger partial charge in [0.05, 0.1) is 24.7 Å². The highest BCUT2D eigenvalue weighted by molar-refractivity contribution is 5.76. The second-order valence-corrected chi connectivity index (χ2v) is 4.56. The molecule has 4 heteroatoms. The molecule has 0 aromatic rings. The Morgan fingerprint density at radius 2 is 1.80 bits per heavy atom. The molecule has 0 bridgehead atoms. The fraction of sp³-hybridized carbons (Fsp3) is 0.909. The van der Waals surface area contributed by atoms with E-state index in [9.17, 15) is 0 Å². The van der Waals surface area contributed by atoms with E-state index in [0.29, 0.717) is 19.6 Å². The van der Waals surface area contributed by atoms with Gasteiger partial charge in [0.25, 0.3) is 0 Å². The van der Waals surface area contributed by atoms with Gasteiger partial charge in [-0.15, -0.1) is 0 Å². The van der Waals surface area contributed by atoms with E-state index >= 15 is 0 Å². The molecule has 0 spiro atoms. The minimum absolute atomic E-state index is 0.0853. The number of ether oxygens (including phenoxy) is 2. The van der Waals surface area contributed by atoms with Gasteiger partial charge in [0.1, 0.15) is 0 Å². The molecule has 0 radical (unpaired) electrons. The van der Waals surface area contributed by atoms with Crippen molar-refractivity contribution >= 4 is 5.84 Å². The van der Waals surface area contributed by atoms with Gasteiger partial charge in [0.2, 0.25) is 0 Å². The van der Waals surface area contributed by atoms with Gasteiger partial charge in [-0.1, -0.05) is 0 Å². The number of rotatable bonds is 8. The van der Waals surface area contributed by atoms with Crippen LogP contribution in [0.25, 0.3) is 0 Å². The number of amidine groups is 1. The lowest BCUT2D eigenvalue weighted by atomic mass is 10.2. The third-order valence-electron chi connectivity index (χ3n) is 1.75. The Labute approximate surface area is 92.6 Å². The standard InChI is InChI=1S/C11H24N2O2/c1-11(2,3)15-9-8-14-7-5-4-6-10(12)13/h4-9H2,1-3H3,(H3,12,13). The second kappa shape index (κ2) is 7.65. The topological polar surface area (TPSA) is 68.3 Å². The van der Waals surface area contributed by atoms with Crippen molar-refractivity contribution in [1.82, 2.24) is 0 Å². The quantitative estimate of drug-likeness (QED) is 0.370. The molecule has 0 aliphatic rings. The highest BCUT2D eigenvalue weighted by Crippen LogP contribution is 2.05. The first-order chi connectivity index (χ1) is 6.92. The third kappa shape index (κ3) is 13.4. The summed E-state index contributed by atoms with van der Waals surface area (Å²) in [7, 11) is 0. The zero-order valence-electron chi connectivity index (χ0n) is 10.1. The summed E-state index contributed by atoms with van der Waals surface area (Å²) in [4.78, 5) is 0. The summed E-state index contributed by atoms with van der Waals surface area (Å²) in [5.74, 6) is 0.256. The summed E-state index contributed by atoms with van der Waals surface area (Å²) in [6.07, 6.45) is 2.55. The average molecular weight is 216 g/mol. The largest absolute Gasteiger partial charge is 0.388 e. The van der Waals surface area contributed by atoms with Gasteiger partial charge < -0.3 is 15.2 Å². The van der Waals surface area contributed by atoms with Crippen LogP contribution in [0.15, 0.2) is 0 Å². The zero-order valence-corrected chi connectivity index (χ0v) is 10.1. The van der Waals surface area contributed by atoms with Crippen LogP contribution in [0.2, 0.25) is 0 Å². The molecule has 0 saturated heterocycles. The van der Waals surface area contributed by atoms with Crippen molar-refractivity contribution in [2.24, 2.45) is 5.73 Å². The van der Waals surface area contributed by atoms with Crippen LogP contribution in [0.4, 0.5) is 0 Å². The lowest BCUT2D eigenvalue weighted by Crippen LogP contribution is -2.21. The summed E-state index contributed by atoms with van der Waals surface area (Å²) in [5, 5.41) is 7.03. The minimum Gasteiger partial charge on any atom is -0.388 e. The SMILES string of the molecule is CC(C)(C)OCCOCCCCC(=N)N. The molecule has 15 heavy (non-hydrogen) atoms. The van der Waals surface area contributed by atoms with Crippen molar-refractivity contribution in [2.45, 2.75) is 45.6 Å². The van der Waals surface area contributed by atoms with E-state index in [2.05, 4.69) is 0 Å². The fourth-order valence-electron chi connectivity index (χ4n) is 1.03. The first-order valence-electron chi connectivity index (χ1n) is 5.46. The molecule has 3 N–H and O–H groups in total. The molecule has 0 aliphatic carbocycles. The van der Waals surface area contributed by atoms with Crippen LogP contribution in [0.5, 0.6) is 0 Å². The van der Waals surface area contributed by atoms with Gasteiger partial charge in [0.15, 0.2) is 0 Å². The molecule has 0 unspecified atom stereocenters. The Morgan fingerprint density at radius 3 is 2.33 bits per heavy atom. The summed E-state index contributed by atoms with van der Waals surface area (Å²) in [6.45, 7) is 8.08. The molecule has 0 aromatic heterocycles. The van der Waals surface area contributed by atoms with E-state index in [1.807, 2.05) is 20.8 Å². The van der Waals surface area contributed by atoms with E-state index < -0.39 is 0 Å². The molecule has 0 heterocycles. The van der Waals surface area contributed by atoms with Crippen LogP contribution >= 0.6 is 0 Å². The molecule has 0 aliphatic heterocycles. The van der Waals surface area contributed by atoms with Gasteiger partial charge in [-0.2, -0.15) is 0 Å². The highest BCUT2D eigenvalue weighted by atomic mass is 16.5. The maximum Gasteiger partial charge on any atom is 0.0905 e. The van der Waals surface area contributed by atoms with Crippen molar-refractivity contribution in [3.05, 3.63) is 0 Å². The smallest absolute Gasteiger partial charge is 0.0905 e. The number of unbranched alkanes of at least 4 members (excludes halogenated alkanes) is 1. The Morgan fingerprint density at radius 1 is 1.13 bits per heavy atom. The molecule has 0 aromatic carbocycles. The third-order valence-corrected chi connectivity index (χ3v) is 1.75. The molecule has 0 amide bonds. The Balaban J connectivity index is 3.09. The van der Waals surface area contributed by atoms with Crippen molar-refractivity contribution in [1.29, 1.82) is 5.41 Å². The van der Waals surface area contributed by atoms with Gasteiger partial charge in [0, 0.05) is 13.0 Å². The Kier molecular flexibility index (Phi) is 7.34. The van der Waals surface area contributed by atoms with E-state index in [1.165, 1.54) is 0 Å². The van der Waals surface area contributed by atoms with Crippen LogP contribution in [0, 0.1) is 5.41 Å².